The monoisotopic (exact) mass is 197 g/mol. The van der Waals surface area contributed by atoms with Gasteiger partial charge in [0, 0.05) is 23.4 Å². The van der Waals surface area contributed by atoms with Crippen LogP contribution in [-0.4, -0.2) is 24.0 Å². The molecule has 1 aromatic heterocycles. The van der Waals surface area contributed by atoms with Gasteiger partial charge in [-0.05, 0) is 6.07 Å². The molecule has 0 atom stereocenters. The molecule has 1 rings (SSSR count). The molecule has 0 aliphatic heterocycles. The van der Waals surface area contributed by atoms with E-state index in [0.29, 0.717) is 0 Å². The third-order valence-electron chi connectivity index (χ3n) is 1.47. The number of carbonyl (C=O) groups is 2. The normalized spacial score (nSPS) is 13.4. The number of ether oxygens (including phenoxy) is 1. The minimum absolute atomic E-state index is 0.00685. The van der Waals surface area contributed by atoms with Crippen LogP contribution in [0.5, 0.6) is 0 Å². The molecule has 0 saturated carbocycles. The van der Waals surface area contributed by atoms with Crippen molar-refractivity contribution < 1.29 is 18.4 Å². The fourth-order valence-electron chi connectivity index (χ4n) is 0.898. The molecule has 5 heteroatoms. The molecule has 74 valence electrons. The molecular formula is C9H10N2O3. The fraction of sp³-hybridized carbons (Fsp3) is 0.222. The Morgan fingerprint density at radius 1 is 1.64 bits per heavy atom. The van der Waals surface area contributed by atoms with E-state index in [2.05, 4.69) is 15.0 Å². The first-order valence-corrected chi connectivity index (χ1v) is 3.70. The molecule has 0 spiro atoms. The van der Waals surface area contributed by atoms with E-state index in [-0.39, 0.29) is 11.3 Å². The zero-order chi connectivity index (χ0) is 13.1. The van der Waals surface area contributed by atoms with Crippen LogP contribution < -0.4 is 5.32 Å². The van der Waals surface area contributed by atoms with Crippen molar-refractivity contribution in [3.8, 4) is 0 Å². The van der Waals surface area contributed by atoms with E-state index in [0.717, 1.165) is 0 Å². The molecule has 0 aromatic carbocycles. The molecule has 1 aromatic rings. The lowest BCUT2D eigenvalue weighted by molar-refractivity contribution is -0.114. The maximum absolute atomic E-state index is 11.3. The van der Waals surface area contributed by atoms with Gasteiger partial charge in [0.2, 0.25) is 5.91 Å². The summed E-state index contributed by atoms with van der Waals surface area (Å²) in [6.45, 7) is -2.78. The largest absolute Gasteiger partial charge is 0.465 e. The Labute approximate surface area is 85.3 Å². The first-order valence-electron chi connectivity index (χ1n) is 5.20. The lowest BCUT2D eigenvalue weighted by atomic mass is 10.2. The van der Waals surface area contributed by atoms with Crippen molar-refractivity contribution in [2.45, 2.75) is 6.85 Å². The third kappa shape index (κ3) is 2.29. The summed E-state index contributed by atoms with van der Waals surface area (Å²) < 4.78 is 25.2. The summed E-state index contributed by atoms with van der Waals surface area (Å²) in [5.74, 6) is -1.88. The van der Waals surface area contributed by atoms with Crippen molar-refractivity contribution in [2.75, 3.05) is 12.4 Å². The third-order valence-corrected chi connectivity index (χ3v) is 1.47. The number of anilines is 1. The Bertz CT molecular complexity index is 445. The van der Waals surface area contributed by atoms with Gasteiger partial charge in [0.25, 0.3) is 0 Å². The predicted octanol–water partition coefficient (Wildman–Crippen LogP) is 0.827. The first-order chi connectivity index (χ1) is 7.86. The average molecular weight is 197 g/mol. The van der Waals surface area contributed by atoms with E-state index in [4.69, 9.17) is 4.11 Å². The number of hydrogen-bond donors (Lipinski definition) is 1. The summed E-state index contributed by atoms with van der Waals surface area (Å²) in [5, 5.41) is 2.12. The maximum atomic E-state index is 11.3. The minimum Gasteiger partial charge on any atom is -0.465 e. The van der Waals surface area contributed by atoms with Crippen LogP contribution in [0.3, 0.4) is 0 Å². The highest BCUT2D eigenvalue weighted by molar-refractivity contribution is 6.00. The second-order valence-electron chi connectivity index (χ2n) is 2.37. The Morgan fingerprint density at radius 3 is 3.07 bits per heavy atom. The van der Waals surface area contributed by atoms with Crippen molar-refractivity contribution in [2.24, 2.45) is 0 Å². The zero-order valence-electron chi connectivity index (χ0n) is 10.4. The van der Waals surface area contributed by atoms with Crippen LogP contribution in [0.1, 0.15) is 21.3 Å². The van der Waals surface area contributed by atoms with Gasteiger partial charge in [0.15, 0.2) is 0 Å². The number of nitrogens with one attached hydrogen (secondary N) is 1. The van der Waals surface area contributed by atoms with Gasteiger partial charge in [0.1, 0.15) is 5.56 Å². The molecule has 5 nitrogen and oxygen atoms in total. The van der Waals surface area contributed by atoms with Crippen LogP contribution in [-0.2, 0) is 9.53 Å². The second kappa shape index (κ2) is 4.36. The van der Waals surface area contributed by atoms with Crippen molar-refractivity contribution in [3.63, 3.8) is 0 Å². The number of rotatable bonds is 2. The number of hydrogen-bond acceptors (Lipinski definition) is 4. The topological polar surface area (TPSA) is 68.3 Å². The second-order valence-corrected chi connectivity index (χ2v) is 2.37. The molecule has 0 bridgehead atoms. The highest BCUT2D eigenvalue weighted by atomic mass is 16.5. The highest BCUT2D eigenvalue weighted by Crippen LogP contribution is 2.13. The number of esters is 1. The van der Waals surface area contributed by atoms with Crippen LogP contribution >= 0.6 is 0 Å². The smallest absolute Gasteiger partial charge is 0.341 e. The summed E-state index contributed by atoms with van der Waals surface area (Å²) in [6.07, 6.45) is 2.50. The van der Waals surface area contributed by atoms with E-state index in [9.17, 15) is 9.59 Å². The molecule has 0 saturated heterocycles. The first kappa shape index (κ1) is 6.53. The van der Waals surface area contributed by atoms with Gasteiger partial charge in [-0.3, -0.25) is 9.78 Å². The summed E-state index contributed by atoms with van der Waals surface area (Å²) in [6, 6.07) is 1.32. The van der Waals surface area contributed by atoms with Gasteiger partial charge in [-0.15, -0.1) is 0 Å². The number of carbonyl (C=O) groups excluding carboxylic acids is 2. The van der Waals surface area contributed by atoms with Crippen LogP contribution in [0.4, 0.5) is 5.69 Å². The van der Waals surface area contributed by atoms with Gasteiger partial charge in [-0.25, -0.2) is 4.79 Å². The summed E-state index contributed by atoms with van der Waals surface area (Å²) in [4.78, 5) is 26.3. The van der Waals surface area contributed by atoms with Crippen molar-refractivity contribution in [1.82, 2.24) is 4.98 Å². The Hall–Kier alpha value is -1.91. The van der Waals surface area contributed by atoms with E-state index in [1.165, 1.54) is 25.6 Å². The van der Waals surface area contributed by atoms with E-state index >= 15 is 0 Å². The molecule has 0 unspecified atom stereocenters. The molecular weight excluding hydrogens is 184 g/mol. The Morgan fingerprint density at radius 2 is 2.43 bits per heavy atom. The van der Waals surface area contributed by atoms with Gasteiger partial charge >= 0.3 is 5.97 Å². The van der Waals surface area contributed by atoms with Gasteiger partial charge in [-0.2, -0.15) is 0 Å². The molecule has 0 aliphatic rings. The quantitative estimate of drug-likeness (QED) is 0.713. The fourth-order valence-corrected chi connectivity index (χ4v) is 0.898. The number of aromatic nitrogens is 1. The predicted molar refractivity (Wildman–Crippen MR) is 49.9 cm³/mol. The molecule has 1 amide bonds. The van der Waals surface area contributed by atoms with E-state index in [1.807, 2.05) is 0 Å². The molecule has 0 fully saturated rings. The lowest BCUT2D eigenvalue weighted by Crippen LogP contribution is -2.12. The van der Waals surface area contributed by atoms with E-state index in [1.54, 1.807) is 0 Å². The van der Waals surface area contributed by atoms with Gasteiger partial charge in [-0.1, -0.05) is 0 Å². The van der Waals surface area contributed by atoms with Crippen LogP contribution in [0, 0.1) is 0 Å². The maximum Gasteiger partial charge on any atom is 0.341 e. The van der Waals surface area contributed by atoms with Crippen LogP contribution in [0.25, 0.3) is 0 Å². The Kier molecular flexibility index (Phi) is 2.03. The SMILES string of the molecule is [2H]C([2H])([2H])C(=O)Nc1ccncc1C(=O)OC. The summed E-state index contributed by atoms with van der Waals surface area (Å²) in [7, 11) is 1.17. The van der Waals surface area contributed by atoms with Crippen LogP contribution in [0.15, 0.2) is 18.5 Å². The van der Waals surface area contributed by atoms with Gasteiger partial charge < -0.3 is 10.1 Å². The molecule has 1 N–H and O–H groups in total. The van der Waals surface area contributed by atoms with Crippen molar-refractivity contribution in [1.29, 1.82) is 0 Å². The number of pyridine rings is 1. The highest BCUT2D eigenvalue weighted by Gasteiger charge is 2.11. The standard InChI is InChI=1S/C9H10N2O3/c1-6(12)11-8-3-4-10-5-7(8)9(13)14-2/h3-5H,1-2H3,(H,10,11,12)/i1D3. The van der Waals surface area contributed by atoms with E-state index < -0.39 is 18.7 Å². The summed E-state index contributed by atoms with van der Waals surface area (Å²) >= 11 is 0. The Balaban J connectivity index is 2.99. The summed E-state index contributed by atoms with van der Waals surface area (Å²) in [5.41, 5.74) is 0.0422. The minimum atomic E-state index is -2.78. The van der Waals surface area contributed by atoms with Crippen LogP contribution in [0.2, 0.25) is 0 Å². The van der Waals surface area contributed by atoms with Crippen molar-refractivity contribution in [3.05, 3.63) is 24.0 Å². The molecule has 0 radical (unpaired) electrons. The van der Waals surface area contributed by atoms with Crippen molar-refractivity contribution >= 4 is 17.6 Å². The molecule has 1 heterocycles. The number of amides is 1. The average Bonchev–Trinajstić information content (AvgIpc) is 2.27. The molecule has 14 heavy (non-hydrogen) atoms. The number of nitrogens with zero attached hydrogens (tertiary/aromatic N) is 1. The van der Waals surface area contributed by atoms with Gasteiger partial charge in [0.05, 0.1) is 12.8 Å². The molecule has 0 aliphatic carbocycles. The number of methoxy groups -OCH3 is 1. The lowest BCUT2D eigenvalue weighted by Gasteiger charge is -2.06. The zero-order valence-corrected chi connectivity index (χ0v) is 7.40.